The number of hydrogen-bond acceptors (Lipinski definition) is 3. The first-order valence-electron chi connectivity index (χ1n) is 7.31. The van der Waals surface area contributed by atoms with E-state index in [2.05, 4.69) is 27.1 Å². The quantitative estimate of drug-likeness (QED) is 0.357. The molecule has 1 aromatic heterocycles. The van der Waals surface area contributed by atoms with Gasteiger partial charge in [0.25, 0.3) is 0 Å². The Balaban J connectivity index is 1.96. The fourth-order valence-corrected chi connectivity index (χ4v) is 3.35. The molecule has 0 aliphatic heterocycles. The number of carboxylic acid groups (broad SMARTS) is 1. The maximum absolute atomic E-state index is 11.1. The minimum Gasteiger partial charge on any atom is -0.478 e. The minimum absolute atomic E-state index is 0.311. The summed E-state index contributed by atoms with van der Waals surface area (Å²) >= 11 is 2.23. The highest BCUT2D eigenvalue weighted by Crippen LogP contribution is 2.22. The van der Waals surface area contributed by atoms with Crippen LogP contribution in [-0.2, 0) is 11.1 Å². The van der Waals surface area contributed by atoms with Crippen LogP contribution < -0.4 is 0 Å². The van der Waals surface area contributed by atoms with E-state index in [1.54, 1.807) is 12.1 Å². The first-order valence-corrected chi connectivity index (χ1v) is 11.3. The Bertz CT molecular complexity index is 645. The first kappa shape index (κ1) is 17.6. The molecule has 1 N–H and O–H groups in total. The van der Waals surface area contributed by atoms with Gasteiger partial charge in [-0.05, 0) is 53.9 Å². The number of hydrogen-bond donors (Lipinski definition) is 1. The van der Waals surface area contributed by atoms with Crippen molar-refractivity contribution >= 4 is 45.4 Å². The van der Waals surface area contributed by atoms with Crippen molar-refractivity contribution in [3.05, 3.63) is 29.5 Å². The number of carbonyl (C=O) groups is 1. The average molecular weight is 434 g/mol. The second kappa shape index (κ2) is 8.79. The number of fused-ring (bicyclic) bond motifs is 1. The van der Waals surface area contributed by atoms with Crippen molar-refractivity contribution in [3.63, 3.8) is 0 Å². The molecular formula is C15H20IN2O3P. The number of rotatable bonds is 9. The highest BCUT2D eigenvalue weighted by Gasteiger charge is 2.10. The molecule has 0 bridgehead atoms. The molecule has 0 aliphatic rings. The molecule has 0 amide bonds. The summed E-state index contributed by atoms with van der Waals surface area (Å²) in [4.78, 5) is 11.1. The molecule has 0 saturated carbocycles. The van der Waals surface area contributed by atoms with E-state index in [0.29, 0.717) is 12.0 Å². The van der Waals surface area contributed by atoms with Gasteiger partial charge in [-0.15, -0.1) is 0 Å². The van der Waals surface area contributed by atoms with E-state index in [0.717, 1.165) is 55.4 Å². The third-order valence-electron chi connectivity index (χ3n) is 3.60. The zero-order valence-electron chi connectivity index (χ0n) is 12.5. The molecule has 0 spiro atoms. The van der Waals surface area contributed by atoms with E-state index < -0.39 is 5.97 Å². The molecule has 0 saturated heterocycles. The molecule has 1 heterocycles. The Hall–Kier alpha value is -0.720. The van der Waals surface area contributed by atoms with Gasteiger partial charge in [0, 0.05) is 11.9 Å². The van der Waals surface area contributed by atoms with Crippen LogP contribution in [0.3, 0.4) is 0 Å². The third kappa shape index (κ3) is 4.64. The van der Waals surface area contributed by atoms with Crippen molar-refractivity contribution in [2.75, 3.05) is 6.61 Å². The third-order valence-corrected chi connectivity index (χ3v) is 4.85. The molecule has 0 fully saturated rings. The number of benzene rings is 1. The van der Waals surface area contributed by atoms with Gasteiger partial charge < -0.3 is 9.63 Å². The Morgan fingerprint density at radius 2 is 2.14 bits per heavy atom. The lowest BCUT2D eigenvalue weighted by Gasteiger charge is -2.05. The van der Waals surface area contributed by atoms with E-state index in [1.807, 2.05) is 17.7 Å². The fourth-order valence-electron chi connectivity index (χ4n) is 2.47. The van der Waals surface area contributed by atoms with Crippen molar-refractivity contribution in [1.82, 2.24) is 9.78 Å². The Labute approximate surface area is 144 Å². The summed E-state index contributed by atoms with van der Waals surface area (Å²) < 4.78 is 7.27. The maximum atomic E-state index is 11.1. The minimum atomic E-state index is -0.900. The summed E-state index contributed by atoms with van der Waals surface area (Å²) in [6.45, 7) is 4.17. The largest absolute Gasteiger partial charge is 0.478 e. The van der Waals surface area contributed by atoms with Crippen LogP contribution in [0.25, 0.3) is 10.9 Å². The predicted octanol–water partition coefficient (Wildman–Crippen LogP) is 4.56. The SMILES string of the molecule is Cc1nn(CCCCCCOPI)c2cc(C(=O)O)ccc12. The lowest BCUT2D eigenvalue weighted by atomic mass is 10.1. The molecule has 22 heavy (non-hydrogen) atoms. The molecule has 1 atom stereocenters. The van der Waals surface area contributed by atoms with E-state index >= 15 is 0 Å². The molecule has 120 valence electrons. The van der Waals surface area contributed by atoms with Gasteiger partial charge in [0.05, 0.1) is 29.8 Å². The van der Waals surface area contributed by atoms with E-state index in [-0.39, 0.29) is 0 Å². The average Bonchev–Trinajstić information content (AvgIpc) is 2.82. The van der Waals surface area contributed by atoms with Crippen molar-refractivity contribution in [3.8, 4) is 0 Å². The molecule has 7 heteroatoms. The standard InChI is InChI=1S/C15H20IN2O3P/c1-11-13-7-6-12(15(19)20)10-14(13)18(17-11)8-4-2-3-5-9-21-22-16/h6-7,10,22H,2-5,8-9H2,1H3,(H,19,20). The van der Waals surface area contributed by atoms with Gasteiger partial charge in [-0.1, -0.05) is 18.9 Å². The van der Waals surface area contributed by atoms with Gasteiger partial charge in [-0.2, -0.15) is 5.10 Å². The summed E-state index contributed by atoms with van der Waals surface area (Å²) in [5.74, 6) is -0.900. The van der Waals surface area contributed by atoms with Gasteiger partial charge in [0.15, 0.2) is 0 Å². The zero-order valence-corrected chi connectivity index (χ0v) is 15.7. The second-order valence-electron chi connectivity index (χ2n) is 5.19. The van der Waals surface area contributed by atoms with Crippen molar-refractivity contribution in [1.29, 1.82) is 0 Å². The number of aryl methyl sites for hydroxylation is 2. The van der Waals surface area contributed by atoms with E-state index in [4.69, 9.17) is 9.63 Å². The van der Waals surface area contributed by atoms with Crippen molar-refractivity contribution in [2.24, 2.45) is 0 Å². The molecular weight excluding hydrogens is 414 g/mol. The normalized spacial score (nSPS) is 11.7. The molecule has 5 nitrogen and oxygen atoms in total. The van der Waals surface area contributed by atoms with Crippen molar-refractivity contribution in [2.45, 2.75) is 39.2 Å². The highest BCUT2D eigenvalue weighted by atomic mass is 127. The maximum Gasteiger partial charge on any atom is 0.335 e. The van der Waals surface area contributed by atoms with Gasteiger partial charge in [-0.25, -0.2) is 4.79 Å². The van der Waals surface area contributed by atoms with Crippen LogP contribution in [-0.4, -0.2) is 27.5 Å². The molecule has 2 rings (SSSR count). The summed E-state index contributed by atoms with van der Waals surface area (Å²) in [6.07, 6.45) is 4.42. The summed E-state index contributed by atoms with van der Waals surface area (Å²) in [6, 6.07) is 5.20. The summed E-state index contributed by atoms with van der Waals surface area (Å²) in [7, 11) is 0. The van der Waals surface area contributed by atoms with Gasteiger partial charge in [0.2, 0.25) is 0 Å². The fraction of sp³-hybridized carbons (Fsp3) is 0.467. The highest BCUT2D eigenvalue weighted by molar-refractivity contribution is 14.2. The van der Waals surface area contributed by atoms with Gasteiger partial charge in [0.1, 0.15) is 0 Å². The number of halogens is 1. The molecule has 1 aromatic carbocycles. The number of aromatic nitrogens is 2. The van der Waals surface area contributed by atoms with Crippen LogP contribution in [0.4, 0.5) is 0 Å². The van der Waals surface area contributed by atoms with Gasteiger partial charge in [-0.3, -0.25) is 4.68 Å². The van der Waals surface area contributed by atoms with E-state index in [1.165, 1.54) is 0 Å². The van der Waals surface area contributed by atoms with Crippen LogP contribution in [0.2, 0.25) is 0 Å². The van der Waals surface area contributed by atoms with Crippen LogP contribution in [0.5, 0.6) is 0 Å². The molecule has 0 aliphatic carbocycles. The Morgan fingerprint density at radius 1 is 1.36 bits per heavy atom. The van der Waals surface area contributed by atoms with Crippen LogP contribution in [0.15, 0.2) is 18.2 Å². The Kier molecular flexibility index (Phi) is 7.05. The first-order chi connectivity index (χ1) is 10.6. The molecule has 1 unspecified atom stereocenters. The number of aromatic carboxylic acids is 1. The Morgan fingerprint density at radius 3 is 2.86 bits per heavy atom. The van der Waals surface area contributed by atoms with Crippen molar-refractivity contribution < 1.29 is 14.4 Å². The van der Waals surface area contributed by atoms with Crippen LogP contribution in [0.1, 0.15) is 41.7 Å². The van der Waals surface area contributed by atoms with Crippen LogP contribution in [0, 0.1) is 6.92 Å². The smallest absolute Gasteiger partial charge is 0.335 e. The monoisotopic (exact) mass is 434 g/mol. The molecule has 2 aromatic rings. The number of unbranched alkanes of at least 4 members (excludes halogenated alkanes) is 3. The zero-order chi connectivity index (χ0) is 15.9. The summed E-state index contributed by atoms with van der Waals surface area (Å²) in [5.41, 5.74) is 2.17. The number of carboxylic acids is 1. The number of nitrogens with zero attached hydrogens (tertiary/aromatic N) is 2. The van der Waals surface area contributed by atoms with Crippen LogP contribution >= 0.6 is 28.5 Å². The lowest BCUT2D eigenvalue weighted by Crippen LogP contribution is -2.02. The molecule has 0 radical (unpaired) electrons. The van der Waals surface area contributed by atoms with E-state index in [9.17, 15) is 4.79 Å². The summed E-state index contributed by atoms with van der Waals surface area (Å²) in [5, 5.41) is 14.7. The predicted molar refractivity (Wildman–Crippen MR) is 98.2 cm³/mol. The van der Waals surface area contributed by atoms with Gasteiger partial charge >= 0.3 is 5.97 Å². The second-order valence-corrected chi connectivity index (χ2v) is 6.95. The lowest BCUT2D eigenvalue weighted by molar-refractivity contribution is 0.0697. The topological polar surface area (TPSA) is 64.4 Å².